The molecule has 1 aromatic rings. The van der Waals surface area contributed by atoms with Crippen LogP contribution in [0.4, 0.5) is 0 Å². The molecule has 0 saturated heterocycles. The Bertz CT molecular complexity index is 532. The average molecular weight is 300 g/mol. The van der Waals surface area contributed by atoms with E-state index in [0.717, 1.165) is 19.4 Å². The minimum atomic E-state index is -3.52. The number of nitrogens with one attached hydrogen (secondary N) is 1. The van der Waals surface area contributed by atoms with Gasteiger partial charge in [-0.15, -0.1) is 0 Å². The molecule has 0 radical (unpaired) electrons. The molecule has 0 unspecified atom stereocenters. The van der Waals surface area contributed by atoms with Crippen LogP contribution >= 0.6 is 0 Å². The fourth-order valence-corrected chi connectivity index (χ4v) is 3.74. The van der Waals surface area contributed by atoms with Gasteiger partial charge in [-0.1, -0.05) is 6.92 Å². The highest BCUT2D eigenvalue weighted by molar-refractivity contribution is 7.89. The molecule has 2 rings (SSSR count). The Morgan fingerprint density at radius 2 is 2.10 bits per heavy atom. The third kappa shape index (κ3) is 3.62. The van der Waals surface area contributed by atoms with E-state index in [0.29, 0.717) is 24.8 Å². The van der Waals surface area contributed by atoms with Crippen molar-refractivity contribution in [2.45, 2.75) is 51.3 Å². The highest BCUT2D eigenvalue weighted by atomic mass is 32.2. The zero-order valence-corrected chi connectivity index (χ0v) is 13.2. The SMILES string of the molecule is CCNCc1ccc(S(=O)(=O)N(CC2CC2)C(C)C)o1. The maximum absolute atomic E-state index is 12.6. The second kappa shape index (κ2) is 6.28. The molecule has 0 atom stereocenters. The molecule has 0 aromatic carbocycles. The molecule has 1 aliphatic rings. The van der Waals surface area contributed by atoms with Gasteiger partial charge in [0, 0.05) is 12.6 Å². The van der Waals surface area contributed by atoms with Crippen LogP contribution in [0.25, 0.3) is 0 Å². The maximum Gasteiger partial charge on any atom is 0.276 e. The van der Waals surface area contributed by atoms with Crippen molar-refractivity contribution < 1.29 is 12.8 Å². The van der Waals surface area contributed by atoms with Crippen LogP contribution in [-0.2, 0) is 16.6 Å². The summed E-state index contributed by atoms with van der Waals surface area (Å²) in [7, 11) is -3.52. The summed E-state index contributed by atoms with van der Waals surface area (Å²) in [5.74, 6) is 1.17. The Balaban J connectivity index is 2.16. The molecule has 1 fully saturated rings. The van der Waals surface area contributed by atoms with Crippen LogP contribution in [0.2, 0.25) is 0 Å². The number of rotatable bonds is 8. The molecule has 0 spiro atoms. The van der Waals surface area contributed by atoms with Gasteiger partial charge in [0.2, 0.25) is 5.09 Å². The number of furan rings is 1. The standard InChI is InChI=1S/C14H24N2O3S/c1-4-15-9-13-7-8-14(19-13)20(17,18)16(11(2)3)10-12-5-6-12/h7-8,11-12,15H,4-6,9-10H2,1-3H3. The average Bonchev–Trinajstić information content (AvgIpc) is 3.08. The molecule has 20 heavy (non-hydrogen) atoms. The monoisotopic (exact) mass is 300 g/mol. The molecule has 0 amide bonds. The summed E-state index contributed by atoms with van der Waals surface area (Å²) >= 11 is 0. The van der Waals surface area contributed by atoms with Gasteiger partial charge in [0.25, 0.3) is 10.0 Å². The Kier molecular flexibility index (Phi) is 4.88. The van der Waals surface area contributed by atoms with Crippen molar-refractivity contribution in [3.8, 4) is 0 Å². The van der Waals surface area contributed by atoms with E-state index in [1.54, 1.807) is 16.4 Å². The topological polar surface area (TPSA) is 62.6 Å². The van der Waals surface area contributed by atoms with E-state index in [-0.39, 0.29) is 11.1 Å². The van der Waals surface area contributed by atoms with Gasteiger partial charge in [0.1, 0.15) is 5.76 Å². The first-order valence-corrected chi connectivity index (χ1v) is 8.70. The second-order valence-electron chi connectivity index (χ2n) is 5.61. The quantitative estimate of drug-likeness (QED) is 0.799. The van der Waals surface area contributed by atoms with Crippen molar-refractivity contribution in [3.05, 3.63) is 17.9 Å². The predicted octanol–water partition coefficient (Wildman–Crippen LogP) is 2.20. The van der Waals surface area contributed by atoms with E-state index < -0.39 is 10.0 Å². The number of nitrogens with zero attached hydrogens (tertiary/aromatic N) is 1. The number of sulfonamides is 1. The van der Waals surface area contributed by atoms with Crippen molar-refractivity contribution in [2.24, 2.45) is 5.92 Å². The smallest absolute Gasteiger partial charge is 0.276 e. The van der Waals surface area contributed by atoms with Crippen molar-refractivity contribution in [1.29, 1.82) is 0 Å². The number of hydrogen-bond acceptors (Lipinski definition) is 4. The van der Waals surface area contributed by atoms with Gasteiger partial charge in [-0.05, 0) is 51.3 Å². The zero-order valence-electron chi connectivity index (χ0n) is 12.4. The third-order valence-corrected chi connectivity index (χ3v) is 5.38. The summed E-state index contributed by atoms with van der Waals surface area (Å²) in [5.41, 5.74) is 0. The number of hydrogen-bond donors (Lipinski definition) is 1. The highest BCUT2D eigenvalue weighted by Crippen LogP contribution is 2.32. The molecular formula is C14H24N2O3S. The molecule has 114 valence electrons. The van der Waals surface area contributed by atoms with Crippen molar-refractivity contribution in [3.63, 3.8) is 0 Å². The normalized spacial score (nSPS) is 16.2. The Morgan fingerprint density at radius 3 is 2.65 bits per heavy atom. The molecule has 0 bridgehead atoms. The highest BCUT2D eigenvalue weighted by Gasteiger charge is 2.35. The van der Waals surface area contributed by atoms with Crippen LogP contribution in [0.3, 0.4) is 0 Å². The van der Waals surface area contributed by atoms with E-state index >= 15 is 0 Å². The molecule has 1 heterocycles. The predicted molar refractivity (Wildman–Crippen MR) is 77.8 cm³/mol. The fourth-order valence-electron chi connectivity index (χ4n) is 2.10. The lowest BCUT2D eigenvalue weighted by Gasteiger charge is -2.24. The molecule has 0 aliphatic heterocycles. The molecule has 1 aromatic heterocycles. The summed E-state index contributed by atoms with van der Waals surface area (Å²) in [6.07, 6.45) is 2.26. The van der Waals surface area contributed by atoms with E-state index in [1.165, 1.54) is 0 Å². The summed E-state index contributed by atoms with van der Waals surface area (Å²) in [6, 6.07) is 3.23. The molecule has 1 saturated carbocycles. The van der Waals surface area contributed by atoms with Crippen molar-refractivity contribution in [1.82, 2.24) is 9.62 Å². The van der Waals surface area contributed by atoms with Crippen LogP contribution in [0.1, 0.15) is 39.4 Å². The van der Waals surface area contributed by atoms with Crippen LogP contribution in [-0.4, -0.2) is 31.9 Å². The first kappa shape index (κ1) is 15.5. The van der Waals surface area contributed by atoms with Crippen LogP contribution in [0.15, 0.2) is 21.6 Å². The van der Waals surface area contributed by atoms with Crippen molar-refractivity contribution in [2.75, 3.05) is 13.1 Å². The zero-order chi connectivity index (χ0) is 14.8. The molecule has 5 nitrogen and oxygen atoms in total. The molecule has 1 aliphatic carbocycles. The summed E-state index contributed by atoms with van der Waals surface area (Å²) in [4.78, 5) is 0. The van der Waals surface area contributed by atoms with Gasteiger partial charge in [-0.25, -0.2) is 8.42 Å². The second-order valence-corrected chi connectivity index (χ2v) is 7.43. The minimum absolute atomic E-state index is 0.0529. The first-order chi connectivity index (χ1) is 9.45. The Labute approximate surface area is 121 Å². The Morgan fingerprint density at radius 1 is 1.40 bits per heavy atom. The lowest BCUT2D eigenvalue weighted by Crippen LogP contribution is -2.38. The summed E-state index contributed by atoms with van der Waals surface area (Å²) in [5, 5.41) is 3.18. The van der Waals surface area contributed by atoms with Crippen LogP contribution in [0.5, 0.6) is 0 Å². The van der Waals surface area contributed by atoms with Gasteiger partial charge < -0.3 is 9.73 Å². The van der Waals surface area contributed by atoms with Gasteiger partial charge in [0.05, 0.1) is 6.54 Å². The molecule has 6 heteroatoms. The maximum atomic E-state index is 12.6. The fraction of sp³-hybridized carbons (Fsp3) is 0.714. The lowest BCUT2D eigenvalue weighted by atomic mass is 10.3. The molecular weight excluding hydrogens is 276 g/mol. The minimum Gasteiger partial charge on any atom is -0.447 e. The lowest BCUT2D eigenvalue weighted by molar-refractivity contribution is 0.321. The first-order valence-electron chi connectivity index (χ1n) is 7.26. The van der Waals surface area contributed by atoms with E-state index in [2.05, 4.69) is 5.32 Å². The van der Waals surface area contributed by atoms with Crippen LogP contribution in [0, 0.1) is 5.92 Å². The van der Waals surface area contributed by atoms with Crippen LogP contribution < -0.4 is 5.32 Å². The Hall–Kier alpha value is -0.850. The largest absolute Gasteiger partial charge is 0.447 e. The van der Waals surface area contributed by atoms with Gasteiger partial charge in [-0.2, -0.15) is 4.31 Å². The van der Waals surface area contributed by atoms with Gasteiger partial charge in [-0.3, -0.25) is 0 Å². The van der Waals surface area contributed by atoms with Gasteiger partial charge in [0.15, 0.2) is 0 Å². The van der Waals surface area contributed by atoms with E-state index in [1.807, 2.05) is 20.8 Å². The summed E-state index contributed by atoms with van der Waals surface area (Å²) in [6.45, 7) is 7.78. The molecule has 1 N–H and O–H groups in total. The van der Waals surface area contributed by atoms with E-state index in [4.69, 9.17) is 4.42 Å². The van der Waals surface area contributed by atoms with Crippen molar-refractivity contribution >= 4 is 10.0 Å². The summed E-state index contributed by atoms with van der Waals surface area (Å²) < 4.78 is 32.3. The van der Waals surface area contributed by atoms with E-state index in [9.17, 15) is 8.42 Å². The third-order valence-electron chi connectivity index (χ3n) is 3.46. The van der Waals surface area contributed by atoms with Gasteiger partial charge >= 0.3 is 0 Å².